The highest BCUT2D eigenvalue weighted by atomic mass is 32.2. The van der Waals surface area contributed by atoms with E-state index in [0.29, 0.717) is 27.8 Å². The molecule has 25 heavy (non-hydrogen) atoms. The maximum atomic E-state index is 12.2. The van der Waals surface area contributed by atoms with Gasteiger partial charge in [-0.2, -0.15) is 0 Å². The van der Waals surface area contributed by atoms with Gasteiger partial charge in [-0.05, 0) is 24.3 Å². The molecule has 3 rings (SSSR count). The fourth-order valence-corrected chi connectivity index (χ4v) is 3.50. The number of benzene rings is 1. The number of furan rings is 1. The van der Waals surface area contributed by atoms with Crippen molar-refractivity contribution in [2.75, 3.05) is 16.3 Å². The van der Waals surface area contributed by atoms with E-state index in [4.69, 9.17) is 4.42 Å². The molecule has 0 bridgehead atoms. The standard InChI is InChI=1S/C16H15N3O4S2/c1-25(21,22)19-13-6-3-2-5-12(13)18-15(20)9-11-10-24-16(17-11)14-7-4-8-23-14/h2-8,10,19H,9H2,1H3,(H,18,20). The number of rotatable bonds is 6. The molecule has 2 N–H and O–H groups in total. The van der Waals surface area contributed by atoms with Crippen molar-refractivity contribution in [1.29, 1.82) is 0 Å². The Balaban J connectivity index is 1.69. The van der Waals surface area contributed by atoms with E-state index in [2.05, 4.69) is 15.0 Å². The van der Waals surface area contributed by atoms with Crippen molar-refractivity contribution in [1.82, 2.24) is 4.98 Å². The summed E-state index contributed by atoms with van der Waals surface area (Å²) in [6.45, 7) is 0. The molecule has 0 aliphatic rings. The highest BCUT2D eigenvalue weighted by Gasteiger charge is 2.13. The van der Waals surface area contributed by atoms with Gasteiger partial charge in [0.1, 0.15) is 0 Å². The van der Waals surface area contributed by atoms with Crippen LogP contribution in [0.1, 0.15) is 5.69 Å². The molecule has 0 aliphatic carbocycles. The van der Waals surface area contributed by atoms with Crippen LogP contribution in [0.5, 0.6) is 0 Å². The van der Waals surface area contributed by atoms with Crippen molar-refractivity contribution in [3.63, 3.8) is 0 Å². The third kappa shape index (κ3) is 4.68. The van der Waals surface area contributed by atoms with Gasteiger partial charge >= 0.3 is 0 Å². The number of nitrogens with zero attached hydrogens (tertiary/aromatic N) is 1. The number of para-hydroxylation sites is 2. The highest BCUT2D eigenvalue weighted by molar-refractivity contribution is 7.92. The van der Waals surface area contributed by atoms with E-state index in [-0.39, 0.29) is 12.3 Å². The molecular weight excluding hydrogens is 362 g/mol. The summed E-state index contributed by atoms with van der Waals surface area (Å²) in [4.78, 5) is 16.6. The largest absolute Gasteiger partial charge is 0.462 e. The molecule has 3 aromatic rings. The summed E-state index contributed by atoms with van der Waals surface area (Å²) >= 11 is 1.39. The van der Waals surface area contributed by atoms with Crippen LogP contribution in [0.4, 0.5) is 11.4 Å². The van der Waals surface area contributed by atoms with E-state index in [1.165, 1.54) is 11.3 Å². The van der Waals surface area contributed by atoms with E-state index in [1.807, 2.05) is 0 Å². The number of sulfonamides is 1. The maximum absolute atomic E-state index is 12.2. The van der Waals surface area contributed by atoms with Crippen LogP contribution in [0.15, 0.2) is 52.5 Å². The highest BCUT2D eigenvalue weighted by Crippen LogP contribution is 2.25. The Kier molecular flexibility index (Phi) is 4.86. The first kappa shape index (κ1) is 17.2. The second kappa shape index (κ2) is 7.08. The van der Waals surface area contributed by atoms with Gasteiger partial charge in [0.25, 0.3) is 0 Å². The Morgan fingerprint density at radius 3 is 2.64 bits per heavy atom. The Morgan fingerprint density at radius 1 is 1.20 bits per heavy atom. The van der Waals surface area contributed by atoms with Gasteiger partial charge in [0.2, 0.25) is 15.9 Å². The number of thiazole rings is 1. The molecule has 0 fully saturated rings. The molecule has 1 aromatic carbocycles. The van der Waals surface area contributed by atoms with Crippen molar-refractivity contribution in [2.24, 2.45) is 0 Å². The van der Waals surface area contributed by atoms with Gasteiger partial charge in [-0.25, -0.2) is 13.4 Å². The first-order valence-electron chi connectivity index (χ1n) is 7.26. The number of carbonyl (C=O) groups excluding carboxylic acids is 1. The average molecular weight is 377 g/mol. The molecule has 0 aliphatic heterocycles. The van der Waals surface area contributed by atoms with Crippen molar-refractivity contribution in [3.8, 4) is 10.8 Å². The lowest BCUT2D eigenvalue weighted by atomic mass is 10.2. The predicted molar refractivity (Wildman–Crippen MR) is 97.1 cm³/mol. The summed E-state index contributed by atoms with van der Waals surface area (Å²) in [6.07, 6.45) is 2.69. The van der Waals surface area contributed by atoms with Crippen molar-refractivity contribution in [2.45, 2.75) is 6.42 Å². The SMILES string of the molecule is CS(=O)(=O)Nc1ccccc1NC(=O)Cc1csc(-c2ccco2)n1. The number of carbonyl (C=O) groups is 1. The van der Waals surface area contributed by atoms with E-state index < -0.39 is 10.0 Å². The van der Waals surface area contributed by atoms with E-state index in [0.717, 1.165) is 6.26 Å². The van der Waals surface area contributed by atoms with Crippen molar-refractivity contribution in [3.05, 3.63) is 53.7 Å². The van der Waals surface area contributed by atoms with E-state index in [9.17, 15) is 13.2 Å². The number of anilines is 2. The molecule has 2 heterocycles. The molecule has 0 saturated heterocycles. The molecule has 1 amide bonds. The van der Waals surface area contributed by atoms with Gasteiger partial charge < -0.3 is 9.73 Å². The minimum atomic E-state index is -3.44. The topological polar surface area (TPSA) is 101 Å². The monoisotopic (exact) mass is 377 g/mol. The zero-order valence-electron chi connectivity index (χ0n) is 13.2. The molecular formula is C16H15N3O4S2. The Morgan fingerprint density at radius 2 is 1.96 bits per heavy atom. The zero-order valence-corrected chi connectivity index (χ0v) is 14.9. The summed E-state index contributed by atoms with van der Waals surface area (Å²) in [5.41, 5.74) is 1.31. The zero-order chi connectivity index (χ0) is 17.9. The van der Waals surface area contributed by atoms with E-state index in [1.54, 1.807) is 48.0 Å². The van der Waals surface area contributed by atoms with Gasteiger partial charge in [0, 0.05) is 5.38 Å². The van der Waals surface area contributed by atoms with Gasteiger partial charge in [-0.15, -0.1) is 11.3 Å². The first-order valence-corrected chi connectivity index (χ1v) is 10.0. The minimum absolute atomic E-state index is 0.0738. The molecule has 0 atom stereocenters. The van der Waals surface area contributed by atoms with Crippen LogP contribution in [-0.2, 0) is 21.2 Å². The summed E-state index contributed by atoms with van der Waals surface area (Å²) in [7, 11) is -3.44. The number of amides is 1. The molecule has 0 spiro atoms. The maximum Gasteiger partial charge on any atom is 0.230 e. The molecule has 0 saturated carbocycles. The number of hydrogen-bond donors (Lipinski definition) is 2. The van der Waals surface area contributed by atoms with E-state index >= 15 is 0 Å². The van der Waals surface area contributed by atoms with Crippen LogP contribution in [0, 0.1) is 0 Å². The van der Waals surface area contributed by atoms with Crippen LogP contribution in [0.3, 0.4) is 0 Å². The van der Waals surface area contributed by atoms with Gasteiger partial charge in [0.05, 0.1) is 36.0 Å². The lowest BCUT2D eigenvalue weighted by molar-refractivity contribution is -0.115. The quantitative estimate of drug-likeness (QED) is 0.688. The van der Waals surface area contributed by atoms with Crippen LogP contribution in [-0.4, -0.2) is 25.6 Å². The number of hydrogen-bond acceptors (Lipinski definition) is 6. The Bertz CT molecular complexity index is 978. The fourth-order valence-electron chi connectivity index (χ4n) is 2.14. The smallest absolute Gasteiger partial charge is 0.230 e. The second-order valence-corrected chi connectivity index (χ2v) is 7.87. The lowest BCUT2D eigenvalue weighted by Gasteiger charge is -2.11. The minimum Gasteiger partial charge on any atom is -0.462 e. The molecule has 130 valence electrons. The van der Waals surface area contributed by atoms with Gasteiger partial charge in [-0.1, -0.05) is 12.1 Å². The van der Waals surface area contributed by atoms with Crippen molar-refractivity contribution >= 4 is 38.6 Å². The van der Waals surface area contributed by atoms with Gasteiger partial charge in [0.15, 0.2) is 10.8 Å². The summed E-state index contributed by atoms with van der Waals surface area (Å²) in [6, 6.07) is 10.2. The number of nitrogens with one attached hydrogen (secondary N) is 2. The molecule has 0 unspecified atom stereocenters. The normalized spacial score (nSPS) is 11.2. The summed E-state index contributed by atoms with van der Waals surface area (Å²) in [5.74, 6) is 0.360. The number of aromatic nitrogens is 1. The van der Waals surface area contributed by atoms with Gasteiger partial charge in [-0.3, -0.25) is 9.52 Å². The predicted octanol–water partition coefficient (Wildman–Crippen LogP) is 2.96. The molecule has 2 aromatic heterocycles. The summed E-state index contributed by atoms with van der Waals surface area (Å²) < 4.78 is 30.5. The van der Waals surface area contributed by atoms with Crippen LogP contribution in [0.25, 0.3) is 10.8 Å². The Hall–Kier alpha value is -2.65. The molecule has 0 radical (unpaired) electrons. The summed E-state index contributed by atoms with van der Waals surface area (Å²) in [5, 5.41) is 5.19. The van der Waals surface area contributed by atoms with Crippen LogP contribution in [0.2, 0.25) is 0 Å². The third-order valence-corrected chi connectivity index (χ3v) is 4.62. The second-order valence-electron chi connectivity index (χ2n) is 5.27. The molecule has 7 nitrogen and oxygen atoms in total. The first-order chi connectivity index (χ1) is 11.9. The van der Waals surface area contributed by atoms with Crippen LogP contribution < -0.4 is 10.0 Å². The third-order valence-electron chi connectivity index (χ3n) is 3.12. The lowest BCUT2D eigenvalue weighted by Crippen LogP contribution is -2.17. The van der Waals surface area contributed by atoms with Crippen LogP contribution >= 0.6 is 11.3 Å². The van der Waals surface area contributed by atoms with Crippen molar-refractivity contribution < 1.29 is 17.6 Å². The Labute approximate surface area is 148 Å². The fraction of sp³-hybridized carbons (Fsp3) is 0.125. The molecule has 9 heteroatoms. The average Bonchev–Trinajstić information content (AvgIpc) is 3.18.